The van der Waals surface area contributed by atoms with Crippen LogP contribution in [0.2, 0.25) is 0 Å². The van der Waals surface area contributed by atoms with E-state index < -0.39 is 0 Å². The summed E-state index contributed by atoms with van der Waals surface area (Å²) in [6, 6.07) is 10.6. The van der Waals surface area contributed by atoms with Crippen LogP contribution in [0.3, 0.4) is 0 Å². The Morgan fingerprint density at radius 1 is 0.767 bits per heavy atom. The third-order valence-electron chi connectivity index (χ3n) is 5.18. The summed E-state index contributed by atoms with van der Waals surface area (Å²) in [5.41, 5.74) is 1.42. The summed E-state index contributed by atoms with van der Waals surface area (Å²) in [4.78, 5) is 26.4. The number of carbonyl (C=O) groups is 2. The molecule has 0 unspecified atom stereocenters. The SMILES string of the molecule is C.CC.CC.CCC(=O)N1CCC(c2ccccc2)CC1.CCC(=O)N1CCCC1. The van der Waals surface area contributed by atoms with Crippen molar-refractivity contribution in [3.05, 3.63) is 35.9 Å². The van der Waals surface area contributed by atoms with E-state index in [4.69, 9.17) is 0 Å². The molecular weight excluding hydrogens is 372 g/mol. The summed E-state index contributed by atoms with van der Waals surface area (Å²) in [5.74, 6) is 1.25. The van der Waals surface area contributed by atoms with Gasteiger partial charge >= 0.3 is 0 Å². The molecule has 30 heavy (non-hydrogen) atoms. The van der Waals surface area contributed by atoms with Crippen LogP contribution in [-0.2, 0) is 9.59 Å². The van der Waals surface area contributed by atoms with Gasteiger partial charge in [0.2, 0.25) is 11.8 Å². The fourth-order valence-electron chi connectivity index (χ4n) is 3.60. The minimum Gasteiger partial charge on any atom is -0.343 e. The summed E-state index contributed by atoms with van der Waals surface area (Å²) in [6.45, 7) is 15.7. The van der Waals surface area contributed by atoms with E-state index in [1.807, 2.05) is 51.3 Å². The predicted octanol–water partition coefficient (Wildman–Crippen LogP) is 6.51. The molecule has 2 aliphatic heterocycles. The predicted molar refractivity (Wildman–Crippen MR) is 131 cm³/mol. The van der Waals surface area contributed by atoms with Gasteiger partial charge in [-0.1, -0.05) is 79.3 Å². The van der Waals surface area contributed by atoms with E-state index in [1.54, 1.807) is 0 Å². The molecule has 4 heteroatoms. The van der Waals surface area contributed by atoms with Gasteiger partial charge in [0.1, 0.15) is 0 Å². The third kappa shape index (κ3) is 10.8. The molecule has 0 N–H and O–H groups in total. The van der Waals surface area contributed by atoms with Crippen molar-refractivity contribution in [2.24, 2.45) is 0 Å². The molecule has 2 aliphatic rings. The molecule has 2 amide bonds. The molecule has 0 atom stereocenters. The maximum absolute atomic E-state index is 11.5. The lowest BCUT2D eigenvalue weighted by atomic mass is 9.89. The van der Waals surface area contributed by atoms with E-state index in [2.05, 4.69) is 30.3 Å². The van der Waals surface area contributed by atoms with Crippen molar-refractivity contribution in [1.29, 1.82) is 0 Å². The van der Waals surface area contributed by atoms with Crippen LogP contribution in [0.5, 0.6) is 0 Å². The van der Waals surface area contributed by atoms with Gasteiger partial charge in [-0.25, -0.2) is 0 Å². The number of carbonyl (C=O) groups excluding carboxylic acids is 2. The van der Waals surface area contributed by atoms with Gasteiger partial charge in [0.25, 0.3) is 0 Å². The highest BCUT2D eigenvalue weighted by Crippen LogP contribution is 2.27. The lowest BCUT2D eigenvalue weighted by Gasteiger charge is -2.32. The Morgan fingerprint density at radius 2 is 1.17 bits per heavy atom. The van der Waals surface area contributed by atoms with Crippen LogP contribution in [0.4, 0.5) is 0 Å². The number of nitrogens with zero attached hydrogens (tertiary/aromatic N) is 2. The van der Waals surface area contributed by atoms with Gasteiger partial charge in [-0.05, 0) is 37.2 Å². The second-order valence-corrected chi connectivity index (χ2v) is 6.86. The molecule has 174 valence electrons. The van der Waals surface area contributed by atoms with Crippen molar-refractivity contribution in [3.8, 4) is 0 Å². The molecule has 2 saturated heterocycles. The first-order valence-electron chi connectivity index (χ1n) is 11.8. The maximum Gasteiger partial charge on any atom is 0.222 e. The number of hydrogen-bond acceptors (Lipinski definition) is 2. The molecule has 0 spiro atoms. The van der Waals surface area contributed by atoms with Crippen molar-refractivity contribution in [2.75, 3.05) is 26.2 Å². The van der Waals surface area contributed by atoms with Gasteiger partial charge in [0, 0.05) is 39.0 Å². The summed E-state index contributed by atoms with van der Waals surface area (Å²) < 4.78 is 0. The van der Waals surface area contributed by atoms with Crippen LogP contribution in [0, 0.1) is 0 Å². The second kappa shape index (κ2) is 19.1. The van der Waals surface area contributed by atoms with Gasteiger partial charge in [-0.2, -0.15) is 0 Å². The Kier molecular flexibility index (Phi) is 19.4. The summed E-state index contributed by atoms with van der Waals surface area (Å²) in [5, 5.41) is 0. The molecule has 0 aromatic heterocycles. The Morgan fingerprint density at radius 3 is 1.57 bits per heavy atom. The van der Waals surface area contributed by atoms with Crippen LogP contribution in [0.15, 0.2) is 30.3 Å². The third-order valence-corrected chi connectivity index (χ3v) is 5.18. The van der Waals surface area contributed by atoms with Gasteiger partial charge in [0.05, 0.1) is 0 Å². The van der Waals surface area contributed by atoms with Crippen molar-refractivity contribution in [3.63, 3.8) is 0 Å². The second-order valence-electron chi connectivity index (χ2n) is 6.86. The summed E-state index contributed by atoms with van der Waals surface area (Å²) >= 11 is 0. The first kappa shape index (κ1) is 30.4. The molecule has 0 bridgehead atoms. The van der Waals surface area contributed by atoms with Gasteiger partial charge < -0.3 is 9.80 Å². The van der Waals surface area contributed by atoms with E-state index in [-0.39, 0.29) is 7.43 Å². The zero-order valence-corrected chi connectivity index (χ0v) is 19.7. The zero-order valence-electron chi connectivity index (χ0n) is 19.7. The molecule has 0 radical (unpaired) electrons. The molecule has 0 aliphatic carbocycles. The van der Waals surface area contributed by atoms with Crippen molar-refractivity contribution in [1.82, 2.24) is 9.80 Å². The van der Waals surface area contributed by atoms with Gasteiger partial charge in [0.15, 0.2) is 0 Å². The number of rotatable bonds is 3. The first-order chi connectivity index (χ1) is 14.2. The van der Waals surface area contributed by atoms with E-state index in [0.29, 0.717) is 30.6 Å². The van der Waals surface area contributed by atoms with Crippen molar-refractivity contribution in [2.45, 2.75) is 93.4 Å². The molecule has 4 nitrogen and oxygen atoms in total. The topological polar surface area (TPSA) is 40.6 Å². The fraction of sp³-hybridized carbons (Fsp3) is 0.692. The Bertz CT molecular complexity index is 531. The number of hydrogen-bond donors (Lipinski definition) is 0. The maximum atomic E-state index is 11.5. The lowest BCUT2D eigenvalue weighted by molar-refractivity contribution is -0.132. The van der Waals surface area contributed by atoms with Crippen LogP contribution in [-0.4, -0.2) is 47.8 Å². The Balaban J connectivity index is 0. The Labute approximate surface area is 187 Å². The number of piperidine rings is 1. The quantitative estimate of drug-likeness (QED) is 0.559. The highest BCUT2D eigenvalue weighted by molar-refractivity contribution is 5.76. The minimum absolute atomic E-state index is 0. The molecule has 0 saturated carbocycles. The average molecular weight is 421 g/mol. The smallest absolute Gasteiger partial charge is 0.222 e. The number of amides is 2. The number of likely N-dealkylation sites (tertiary alicyclic amines) is 2. The van der Waals surface area contributed by atoms with Crippen LogP contribution >= 0.6 is 0 Å². The Hall–Kier alpha value is -1.84. The highest BCUT2D eigenvalue weighted by Gasteiger charge is 2.22. The van der Waals surface area contributed by atoms with E-state index in [0.717, 1.165) is 39.0 Å². The van der Waals surface area contributed by atoms with Crippen LogP contribution < -0.4 is 0 Å². The molecule has 3 rings (SSSR count). The normalized spacial score (nSPS) is 15.3. The monoisotopic (exact) mass is 420 g/mol. The van der Waals surface area contributed by atoms with Crippen molar-refractivity contribution < 1.29 is 9.59 Å². The minimum atomic E-state index is 0. The lowest BCUT2D eigenvalue weighted by Crippen LogP contribution is -2.37. The van der Waals surface area contributed by atoms with Gasteiger partial charge in [-0.3, -0.25) is 9.59 Å². The molecule has 2 heterocycles. The zero-order chi connectivity index (χ0) is 22.1. The van der Waals surface area contributed by atoms with Gasteiger partial charge in [-0.15, -0.1) is 0 Å². The molecular formula is C26H48N2O2. The largest absolute Gasteiger partial charge is 0.343 e. The summed E-state index contributed by atoms with van der Waals surface area (Å²) in [6.07, 6.45) is 5.92. The molecule has 1 aromatic carbocycles. The van der Waals surface area contributed by atoms with Crippen LogP contribution in [0.25, 0.3) is 0 Å². The summed E-state index contributed by atoms with van der Waals surface area (Å²) in [7, 11) is 0. The molecule has 1 aromatic rings. The highest BCUT2D eigenvalue weighted by atomic mass is 16.2. The molecule has 2 fully saturated rings. The first-order valence-corrected chi connectivity index (χ1v) is 11.8. The number of benzene rings is 1. The fourth-order valence-corrected chi connectivity index (χ4v) is 3.60. The van der Waals surface area contributed by atoms with E-state index >= 15 is 0 Å². The van der Waals surface area contributed by atoms with E-state index in [9.17, 15) is 9.59 Å². The average Bonchev–Trinajstić information content (AvgIpc) is 3.37. The van der Waals surface area contributed by atoms with Crippen molar-refractivity contribution >= 4 is 11.8 Å². The van der Waals surface area contributed by atoms with Crippen LogP contribution in [0.1, 0.15) is 99.0 Å². The van der Waals surface area contributed by atoms with E-state index in [1.165, 1.54) is 18.4 Å². The standard InChI is InChI=1S/C14H19NO.C7H13NO.2C2H6.CH4/c1-2-14(16)15-10-8-13(9-11-15)12-6-4-3-5-7-12;1-2-7(9)8-5-3-4-6-8;2*1-2;/h3-7,13H,2,8-11H2,1H3;2-6H2,1H3;2*1-2H3;1H4.